The van der Waals surface area contributed by atoms with E-state index in [0.717, 1.165) is 12.1 Å². The monoisotopic (exact) mass is 369 g/mol. The molecule has 0 bridgehead atoms. The first-order valence-electron chi connectivity index (χ1n) is 7.84. The molecule has 4 rings (SSSR count). The third-order valence-electron chi connectivity index (χ3n) is 3.81. The van der Waals surface area contributed by atoms with Crippen LogP contribution in [0.1, 0.15) is 0 Å². The molecule has 0 aliphatic carbocycles. The quantitative estimate of drug-likeness (QED) is 0.555. The van der Waals surface area contributed by atoms with Gasteiger partial charge < -0.3 is 15.2 Å². The van der Waals surface area contributed by atoms with Crippen molar-refractivity contribution < 1.29 is 18.3 Å². The summed E-state index contributed by atoms with van der Waals surface area (Å²) >= 11 is 0. The van der Waals surface area contributed by atoms with Gasteiger partial charge in [-0.3, -0.25) is 0 Å². The van der Waals surface area contributed by atoms with Crippen molar-refractivity contribution in [1.82, 2.24) is 19.8 Å². The first-order valence-corrected chi connectivity index (χ1v) is 7.84. The number of hydrogen-bond acceptors (Lipinski definition) is 6. The minimum absolute atomic E-state index is 0.120. The molecule has 0 saturated heterocycles. The summed E-state index contributed by atoms with van der Waals surface area (Å²) < 4.78 is 39.3. The number of rotatable bonds is 4. The number of nitrogen functional groups attached to an aromatic ring is 1. The Labute approximate surface area is 152 Å². The Bertz CT molecular complexity index is 1150. The highest BCUT2D eigenvalue weighted by molar-refractivity contribution is 5.72. The van der Waals surface area contributed by atoms with Crippen LogP contribution >= 0.6 is 0 Å². The van der Waals surface area contributed by atoms with Crippen molar-refractivity contribution in [3.8, 4) is 28.8 Å². The number of aromatic nitrogens is 4. The lowest BCUT2D eigenvalue weighted by molar-refractivity contribution is 0.369. The van der Waals surface area contributed by atoms with Gasteiger partial charge in [0.1, 0.15) is 11.6 Å². The van der Waals surface area contributed by atoms with Crippen LogP contribution in [0.3, 0.4) is 0 Å². The summed E-state index contributed by atoms with van der Waals surface area (Å²) in [7, 11) is 1.46. The van der Waals surface area contributed by atoms with E-state index in [1.165, 1.54) is 17.7 Å². The van der Waals surface area contributed by atoms with Gasteiger partial charge in [-0.15, -0.1) is 5.10 Å². The highest BCUT2D eigenvalue weighted by Crippen LogP contribution is 2.35. The second kappa shape index (κ2) is 6.52. The van der Waals surface area contributed by atoms with Gasteiger partial charge >= 0.3 is 6.01 Å². The summed E-state index contributed by atoms with van der Waals surface area (Å²) in [5.41, 5.74) is 7.84. The lowest BCUT2D eigenvalue weighted by atomic mass is 10.1. The molecule has 2 heterocycles. The van der Waals surface area contributed by atoms with Crippen molar-refractivity contribution >= 4 is 11.3 Å². The van der Waals surface area contributed by atoms with Crippen molar-refractivity contribution in [2.24, 2.45) is 0 Å². The summed E-state index contributed by atoms with van der Waals surface area (Å²) in [6, 6.07) is 11.5. The van der Waals surface area contributed by atoms with Crippen LogP contribution in [0.5, 0.6) is 17.5 Å². The Kier molecular flexibility index (Phi) is 4.03. The lowest BCUT2D eigenvalue weighted by Crippen LogP contribution is -2.00. The molecule has 0 fully saturated rings. The van der Waals surface area contributed by atoms with Gasteiger partial charge in [-0.05, 0) is 42.5 Å². The SMILES string of the molecule is COc1nnc2ccc(-c3cc(N)ccc3Oc3ccc(F)cc3F)nn12. The molecule has 2 aromatic heterocycles. The zero-order valence-corrected chi connectivity index (χ0v) is 14.1. The standard InChI is InChI=1S/C18H13F2N5O2/c1-26-18-23-22-17-7-4-14(24-25(17)18)12-9-11(21)3-6-15(12)27-16-5-2-10(19)8-13(16)20/h2-9H,21H2,1H3. The van der Waals surface area contributed by atoms with Crippen molar-refractivity contribution in [2.75, 3.05) is 12.8 Å². The normalized spacial score (nSPS) is 10.9. The van der Waals surface area contributed by atoms with Crippen molar-refractivity contribution in [3.63, 3.8) is 0 Å². The van der Waals surface area contributed by atoms with E-state index >= 15 is 0 Å². The van der Waals surface area contributed by atoms with Crippen LogP contribution < -0.4 is 15.2 Å². The lowest BCUT2D eigenvalue weighted by Gasteiger charge is -2.12. The van der Waals surface area contributed by atoms with Crippen LogP contribution in [-0.2, 0) is 0 Å². The predicted octanol–water partition coefficient (Wildman–Crippen LogP) is 3.45. The summed E-state index contributed by atoms with van der Waals surface area (Å²) in [5, 5.41) is 12.2. The Balaban J connectivity index is 1.82. The van der Waals surface area contributed by atoms with E-state index in [2.05, 4.69) is 15.3 Å². The summed E-state index contributed by atoms with van der Waals surface area (Å²) in [6.45, 7) is 0. The molecule has 4 aromatic rings. The molecule has 0 unspecified atom stereocenters. The third kappa shape index (κ3) is 3.10. The van der Waals surface area contributed by atoms with Gasteiger partial charge in [-0.25, -0.2) is 8.78 Å². The zero-order valence-electron chi connectivity index (χ0n) is 14.1. The van der Waals surface area contributed by atoms with E-state index in [1.807, 2.05) is 0 Å². The van der Waals surface area contributed by atoms with Crippen LogP contribution in [0, 0.1) is 11.6 Å². The number of fused-ring (bicyclic) bond motifs is 1. The second-order valence-corrected chi connectivity index (χ2v) is 5.61. The molecule has 2 N–H and O–H groups in total. The molecule has 0 aliphatic rings. The van der Waals surface area contributed by atoms with E-state index in [0.29, 0.717) is 28.3 Å². The van der Waals surface area contributed by atoms with Gasteiger partial charge in [-0.2, -0.15) is 9.61 Å². The molecule has 7 nitrogen and oxygen atoms in total. The zero-order chi connectivity index (χ0) is 19.0. The van der Waals surface area contributed by atoms with E-state index in [-0.39, 0.29) is 11.8 Å². The van der Waals surface area contributed by atoms with Gasteiger partial charge in [0.2, 0.25) is 0 Å². The van der Waals surface area contributed by atoms with Gasteiger partial charge in [0.05, 0.1) is 12.8 Å². The summed E-state index contributed by atoms with van der Waals surface area (Å²) in [5.74, 6) is -1.33. The number of halogens is 2. The molecular formula is C18H13F2N5O2. The number of anilines is 1. The first-order chi connectivity index (χ1) is 13.0. The number of methoxy groups -OCH3 is 1. The third-order valence-corrected chi connectivity index (χ3v) is 3.81. The first kappa shape index (κ1) is 16.7. The summed E-state index contributed by atoms with van der Waals surface area (Å²) in [4.78, 5) is 0. The fourth-order valence-electron chi connectivity index (χ4n) is 2.55. The Hall–Kier alpha value is -3.75. The molecular weight excluding hydrogens is 356 g/mol. The van der Waals surface area contributed by atoms with Crippen molar-refractivity contribution in [1.29, 1.82) is 0 Å². The van der Waals surface area contributed by atoms with Crippen LogP contribution in [0.15, 0.2) is 48.5 Å². The van der Waals surface area contributed by atoms with Gasteiger partial charge in [0.15, 0.2) is 17.2 Å². The van der Waals surface area contributed by atoms with Crippen LogP contribution in [0.4, 0.5) is 14.5 Å². The molecule has 0 aliphatic heterocycles. The molecule has 27 heavy (non-hydrogen) atoms. The summed E-state index contributed by atoms with van der Waals surface area (Å²) in [6.07, 6.45) is 0. The Morgan fingerprint density at radius 3 is 2.56 bits per heavy atom. The molecule has 9 heteroatoms. The number of nitrogens with two attached hydrogens (primary N) is 1. The van der Waals surface area contributed by atoms with E-state index in [1.54, 1.807) is 30.3 Å². The maximum absolute atomic E-state index is 14.0. The second-order valence-electron chi connectivity index (χ2n) is 5.61. The van der Waals surface area contributed by atoms with Crippen LogP contribution in [0.2, 0.25) is 0 Å². The number of ether oxygens (including phenoxy) is 2. The van der Waals surface area contributed by atoms with E-state index in [4.69, 9.17) is 15.2 Å². The molecule has 0 spiro atoms. The largest absolute Gasteiger partial charge is 0.466 e. The molecule has 136 valence electrons. The predicted molar refractivity (Wildman–Crippen MR) is 93.6 cm³/mol. The molecule has 2 aromatic carbocycles. The molecule has 0 saturated carbocycles. The fourth-order valence-corrected chi connectivity index (χ4v) is 2.55. The number of nitrogens with zero attached hydrogens (tertiary/aromatic N) is 4. The molecule has 0 radical (unpaired) electrons. The smallest absolute Gasteiger partial charge is 0.338 e. The number of benzene rings is 2. The Morgan fingerprint density at radius 2 is 1.78 bits per heavy atom. The van der Waals surface area contributed by atoms with E-state index < -0.39 is 11.6 Å². The van der Waals surface area contributed by atoms with Crippen LogP contribution in [-0.4, -0.2) is 26.9 Å². The topological polar surface area (TPSA) is 87.6 Å². The fraction of sp³-hybridized carbons (Fsp3) is 0.0556. The van der Waals surface area contributed by atoms with Gasteiger partial charge in [0, 0.05) is 17.3 Å². The average molecular weight is 369 g/mol. The molecule has 0 amide bonds. The highest BCUT2D eigenvalue weighted by Gasteiger charge is 2.15. The van der Waals surface area contributed by atoms with Crippen molar-refractivity contribution in [3.05, 3.63) is 60.2 Å². The van der Waals surface area contributed by atoms with Gasteiger partial charge in [0.25, 0.3) is 0 Å². The van der Waals surface area contributed by atoms with Crippen molar-refractivity contribution in [2.45, 2.75) is 0 Å². The van der Waals surface area contributed by atoms with Crippen LogP contribution in [0.25, 0.3) is 16.9 Å². The molecule has 0 atom stereocenters. The maximum Gasteiger partial charge on any atom is 0.338 e. The maximum atomic E-state index is 14.0. The Morgan fingerprint density at radius 1 is 0.963 bits per heavy atom. The minimum Gasteiger partial charge on any atom is -0.466 e. The highest BCUT2D eigenvalue weighted by atomic mass is 19.1. The average Bonchev–Trinajstić information content (AvgIpc) is 3.07. The minimum atomic E-state index is -0.818. The van der Waals surface area contributed by atoms with Gasteiger partial charge in [-0.1, -0.05) is 5.10 Å². The van der Waals surface area contributed by atoms with E-state index in [9.17, 15) is 8.78 Å². The number of hydrogen-bond donors (Lipinski definition) is 1.